The van der Waals surface area contributed by atoms with Crippen LogP contribution in [0.25, 0.3) is 0 Å². The van der Waals surface area contributed by atoms with Crippen LogP contribution in [0.3, 0.4) is 0 Å². The normalized spacial score (nSPS) is 13.4. The SMILES string of the molecule is CC/C=C\C/C=C\C/C=C\C/C=C\C/C=C\C/C=C\C/C=C\C/C=C\C/C=C\CCCCCCCC(=O)OCC(COC(=O)CC/C=C\C/C=C\C/C=C\C/C=C\CC)OC(=O)CCCCCCCCC/C=C\C/C=C\CCCCC. The van der Waals surface area contributed by atoms with Crippen molar-refractivity contribution >= 4 is 17.9 Å². The van der Waals surface area contributed by atoms with Crippen LogP contribution in [0.4, 0.5) is 0 Å². The zero-order valence-corrected chi connectivity index (χ0v) is 51.7. The lowest BCUT2D eigenvalue weighted by atomic mass is 10.1. The summed E-state index contributed by atoms with van der Waals surface area (Å²) < 4.78 is 16.8. The van der Waals surface area contributed by atoms with E-state index in [1.165, 1.54) is 44.9 Å². The van der Waals surface area contributed by atoms with Crippen LogP contribution in [0.1, 0.15) is 252 Å². The number of carbonyl (C=O) groups excluding carboxylic acids is 3. The number of unbranched alkanes of at least 4 members (excludes halogenated alkanes) is 15. The molecule has 0 aromatic heterocycles. The maximum atomic E-state index is 12.9. The molecule has 0 aliphatic rings. The van der Waals surface area contributed by atoms with E-state index in [4.69, 9.17) is 14.2 Å². The first-order valence-corrected chi connectivity index (χ1v) is 32.3. The summed E-state index contributed by atoms with van der Waals surface area (Å²) in [7, 11) is 0. The summed E-state index contributed by atoms with van der Waals surface area (Å²) in [4.78, 5) is 38.2. The standard InChI is InChI=1S/C75H116O6/c1-4-7-10-13-16-19-22-25-27-29-30-31-32-33-34-35-36-37-38-39-40-41-42-43-44-46-47-50-53-56-59-62-65-68-74(77)80-71-72(70-79-73(76)67-64-61-58-55-52-49-24-21-18-15-12-9-6-3)81-75(78)69-66-63-60-57-54-51-48-45-28-26-23-20-17-14-11-8-5-2/h7,9-10,12,16-21,25-28,30-31,33-34,36-37,39-40,42-43,46-47,49,52,58,61,72H,4-6,8,11,13-15,22-24,29,32,35,38,41,44-45,48,50-51,53-57,59-60,62-71H2,1-3H3/b10-7-,12-9-,19-16-,20-17-,21-18-,27-25-,28-26-,31-30-,34-33-,37-36-,40-39-,43-42-,47-46-,52-49-,61-58-. The molecule has 0 rings (SSSR count). The Morgan fingerprint density at radius 3 is 0.827 bits per heavy atom. The van der Waals surface area contributed by atoms with Crippen molar-refractivity contribution in [2.75, 3.05) is 13.2 Å². The Kier molecular flexibility index (Phi) is 62.5. The Bertz CT molecular complexity index is 1900. The van der Waals surface area contributed by atoms with Crippen LogP contribution in [-0.2, 0) is 28.6 Å². The van der Waals surface area contributed by atoms with Gasteiger partial charge >= 0.3 is 17.9 Å². The Morgan fingerprint density at radius 1 is 0.259 bits per heavy atom. The number of hydrogen-bond donors (Lipinski definition) is 0. The molecule has 6 nitrogen and oxygen atoms in total. The molecular weight excluding hydrogens is 997 g/mol. The van der Waals surface area contributed by atoms with E-state index in [2.05, 4.69) is 191 Å². The minimum atomic E-state index is -0.830. The molecule has 0 bridgehead atoms. The van der Waals surface area contributed by atoms with Gasteiger partial charge in [-0.25, -0.2) is 0 Å². The average Bonchev–Trinajstić information content (AvgIpc) is 3.46. The van der Waals surface area contributed by atoms with Crippen LogP contribution in [-0.4, -0.2) is 37.2 Å². The van der Waals surface area contributed by atoms with Gasteiger partial charge in [0.05, 0.1) is 0 Å². The van der Waals surface area contributed by atoms with Crippen LogP contribution in [0.5, 0.6) is 0 Å². The van der Waals surface area contributed by atoms with Gasteiger partial charge < -0.3 is 14.2 Å². The van der Waals surface area contributed by atoms with Gasteiger partial charge in [-0.05, 0) is 148 Å². The van der Waals surface area contributed by atoms with Crippen molar-refractivity contribution in [3.8, 4) is 0 Å². The van der Waals surface area contributed by atoms with Gasteiger partial charge in [0.25, 0.3) is 0 Å². The quantitative estimate of drug-likeness (QED) is 0.0261. The number of esters is 3. The molecule has 81 heavy (non-hydrogen) atoms. The fourth-order valence-electron chi connectivity index (χ4n) is 8.12. The van der Waals surface area contributed by atoms with Crippen LogP contribution in [0.2, 0.25) is 0 Å². The molecule has 0 spiro atoms. The van der Waals surface area contributed by atoms with Crippen LogP contribution in [0.15, 0.2) is 182 Å². The van der Waals surface area contributed by atoms with E-state index >= 15 is 0 Å². The first-order chi connectivity index (χ1) is 40.0. The molecule has 452 valence electrons. The van der Waals surface area contributed by atoms with Crippen LogP contribution >= 0.6 is 0 Å². The monoisotopic (exact) mass is 1110 g/mol. The van der Waals surface area contributed by atoms with Crippen molar-refractivity contribution in [2.45, 2.75) is 258 Å². The lowest BCUT2D eigenvalue weighted by Gasteiger charge is -2.18. The van der Waals surface area contributed by atoms with Gasteiger partial charge in [-0.15, -0.1) is 0 Å². The van der Waals surface area contributed by atoms with E-state index in [1.807, 2.05) is 12.2 Å². The van der Waals surface area contributed by atoms with Gasteiger partial charge in [-0.1, -0.05) is 267 Å². The van der Waals surface area contributed by atoms with E-state index in [1.54, 1.807) is 0 Å². The molecule has 1 unspecified atom stereocenters. The summed E-state index contributed by atoms with van der Waals surface area (Å²) >= 11 is 0. The zero-order valence-electron chi connectivity index (χ0n) is 51.7. The smallest absolute Gasteiger partial charge is 0.306 e. The van der Waals surface area contributed by atoms with E-state index in [9.17, 15) is 14.4 Å². The van der Waals surface area contributed by atoms with Gasteiger partial charge in [0.15, 0.2) is 6.10 Å². The highest BCUT2D eigenvalue weighted by Gasteiger charge is 2.19. The maximum Gasteiger partial charge on any atom is 0.306 e. The van der Waals surface area contributed by atoms with Gasteiger partial charge in [0.2, 0.25) is 0 Å². The Hall–Kier alpha value is -5.49. The summed E-state index contributed by atoms with van der Waals surface area (Å²) in [6.45, 7) is 6.28. The predicted octanol–water partition coefficient (Wildman–Crippen LogP) is 22.4. The fourth-order valence-corrected chi connectivity index (χ4v) is 8.12. The van der Waals surface area contributed by atoms with E-state index in [0.717, 1.165) is 161 Å². The Labute approximate surface area is 497 Å². The molecule has 0 N–H and O–H groups in total. The minimum absolute atomic E-state index is 0.122. The molecule has 0 aromatic rings. The first-order valence-electron chi connectivity index (χ1n) is 32.3. The topological polar surface area (TPSA) is 78.9 Å². The van der Waals surface area contributed by atoms with Crippen molar-refractivity contribution < 1.29 is 28.6 Å². The third kappa shape index (κ3) is 65.2. The number of carbonyl (C=O) groups is 3. The van der Waals surface area contributed by atoms with Crippen molar-refractivity contribution in [3.63, 3.8) is 0 Å². The predicted molar refractivity (Wildman–Crippen MR) is 352 cm³/mol. The number of allylic oxidation sites excluding steroid dienone is 30. The number of ether oxygens (including phenoxy) is 3. The summed E-state index contributed by atoms with van der Waals surface area (Å²) in [5, 5.41) is 0. The second-order valence-corrected chi connectivity index (χ2v) is 20.5. The van der Waals surface area contributed by atoms with Crippen molar-refractivity contribution in [1.29, 1.82) is 0 Å². The molecule has 0 aliphatic heterocycles. The first kappa shape index (κ1) is 75.5. The van der Waals surface area contributed by atoms with E-state index in [0.29, 0.717) is 19.3 Å². The van der Waals surface area contributed by atoms with Crippen LogP contribution in [0, 0.1) is 0 Å². The molecule has 1 atom stereocenters. The molecule has 0 saturated heterocycles. The number of hydrogen-bond acceptors (Lipinski definition) is 6. The summed E-state index contributed by atoms with van der Waals surface area (Å²) in [6.07, 6.45) is 101. The molecule has 0 aromatic carbocycles. The lowest BCUT2D eigenvalue weighted by Crippen LogP contribution is -2.30. The third-order valence-electron chi connectivity index (χ3n) is 12.9. The third-order valence-corrected chi connectivity index (χ3v) is 12.9. The van der Waals surface area contributed by atoms with Gasteiger partial charge in [0, 0.05) is 19.3 Å². The molecule has 0 heterocycles. The number of rotatable bonds is 56. The molecule has 0 amide bonds. The second-order valence-electron chi connectivity index (χ2n) is 20.5. The molecule has 0 radical (unpaired) electrons. The summed E-state index contributed by atoms with van der Waals surface area (Å²) in [5.41, 5.74) is 0. The highest BCUT2D eigenvalue weighted by atomic mass is 16.6. The van der Waals surface area contributed by atoms with E-state index in [-0.39, 0.29) is 37.5 Å². The van der Waals surface area contributed by atoms with Gasteiger partial charge in [-0.2, -0.15) is 0 Å². The fraction of sp³-hybridized carbons (Fsp3) is 0.560. The Morgan fingerprint density at radius 2 is 0.506 bits per heavy atom. The van der Waals surface area contributed by atoms with Crippen molar-refractivity contribution in [3.05, 3.63) is 182 Å². The second kappa shape index (κ2) is 67.0. The molecule has 0 fully saturated rings. The zero-order chi connectivity index (χ0) is 58.5. The largest absolute Gasteiger partial charge is 0.462 e. The van der Waals surface area contributed by atoms with Gasteiger partial charge in [0.1, 0.15) is 13.2 Å². The van der Waals surface area contributed by atoms with Crippen molar-refractivity contribution in [1.82, 2.24) is 0 Å². The molecule has 6 heteroatoms. The minimum Gasteiger partial charge on any atom is -0.462 e. The molecule has 0 aliphatic carbocycles. The summed E-state index contributed by atoms with van der Waals surface area (Å²) in [6, 6.07) is 0. The van der Waals surface area contributed by atoms with E-state index < -0.39 is 6.10 Å². The highest BCUT2D eigenvalue weighted by molar-refractivity contribution is 5.71. The molecular formula is C75H116O6. The lowest BCUT2D eigenvalue weighted by molar-refractivity contribution is -0.166. The van der Waals surface area contributed by atoms with Crippen molar-refractivity contribution in [2.24, 2.45) is 0 Å². The average molecular weight is 1110 g/mol. The molecule has 0 saturated carbocycles. The summed E-state index contributed by atoms with van der Waals surface area (Å²) in [5.74, 6) is -1.04. The highest BCUT2D eigenvalue weighted by Crippen LogP contribution is 2.13. The van der Waals surface area contributed by atoms with Crippen LogP contribution < -0.4 is 0 Å². The van der Waals surface area contributed by atoms with Gasteiger partial charge in [-0.3, -0.25) is 14.4 Å². The Balaban J connectivity index is 4.40. The maximum absolute atomic E-state index is 12.9.